The lowest BCUT2D eigenvalue weighted by Crippen LogP contribution is -2.46. The van der Waals surface area contributed by atoms with Crippen molar-refractivity contribution in [2.75, 3.05) is 7.05 Å². The summed E-state index contributed by atoms with van der Waals surface area (Å²) >= 11 is 17.5. The van der Waals surface area contributed by atoms with E-state index in [9.17, 15) is 35.9 Å². The fourth-order valence-corrected chi connectivity index (χ4v) is 3.67. The van der Waals surface area contributed by atoms with Crippen LogP contribution in [-0.2, 0) is 10.9 Å². The molecular formula is C24H21Cl3F6N2O3. The van der Waals surface area contributed by atoms with Gasteiger partial charge in [0.1, 0.15) is 5.60 Å². The Balaban J connectivity index is 2.42. The summed E-state index contributed by atoms with van der Waals surface area (Å²) in [5.74, 6) is -3.57. The maximum atomic E-state index is 13.8. The number of benzene rings is 2. The number of hydrogen-bond donors (Lipinski definition) is 1. The maximum Gasteiger partial charge on any atom is 0.428 e. The highest BCUT2D eigenvalue weighted by molar-refractivity contribution is 6.48. The van der Waals surface area contributed by atoms with Crippen molar-refractivity contribution in [1.29, 1.82) is 0 Å². The minimum Gasteiger partial charge on any atom is -0.442 e. The Morgan fingerprint density at radius 2 is 1.53 bits per heavy atom. The van der Waals surface area contributed by atoms with Gasteiger partial charge in [-0.05, 0) is 56.2 Å². The summed E-state index contributed by atoms with van der Waals surface area (Å²) < 4.78 is 87.5. The Kier molecular flexibility index (Phi) is 9.67. The van der Waals surface area contributed by atoms with Crippen molar-refractivity contribution in [1.82, 2.24) is 10.4 Å². The SMILES string of the molecule is CN(NC(=O)c1ccc(/C=C/C(c2cc(Cl)c(Cl)c(Cl)c2)C(F)(F)F)cc1C(F)(F)F)C(=O)OC(C)(C)C. The lowest BCUT2D eigenvalue weighted by atomic mass is 9.96. The van der Waals surface area contributed by atoms with Crippen LogP contribution in [0, 0.1) is 0 Å². The molecular weight excluding hydrogens is 585 g/mol. The third kappa shape index (κ3) is 8.44. The number of hydrogen-bond acceptors (Lipinski definition) is 3. The molecule has 2 aromatic carbocycles. The summed E-state index contributed by atoms with van der Waals surface area (Å²) in [6.07, 6.45) is -9.49. The van der Waals surface area contributed by atoms with E-state index in [4.69, 9.17) is 39.5 Å². The molecule has 1 unspecified atom stereocenters. The first kappa shape index (κ1) is 31.6. The molecule has 1 atom stereocenters. The average molecular weight is 606 g/mol. The van der Waals surface area contributed by atoms with Crippen molar-refractivity contribution in [3.05, 3.63) is 73.7 Å². The smallest absolute Gasteiger partial charge is 0.428 e. The second-order valence-electron chi connectivity index (χ2n) is 8.96. The van der Waals surface area contributed by atoms with Gasteiger partial charge in [-0.1, -0.05) is 53.0 Å². The lowest BCUT2D eigenvalue weighted by molar-refractivity contribution is -0.139. The number of nitrogens with one attached hydrogen (secondary N) is 1. The third-order valence-electron chi connectivity index (χ3n) is 4.73. The molecule has 0 fully saturated rings. The predicted octanol–water partition coefficient (Wildman–Crippen LogP) is 8.54. The third-order valence-corrected chi connectivity index (χ3v) is 5.93. The number of halogens is 9. The number of allylic oxidation sites excluding steroid dienone is 1. The van der Waals surface area contributed by atoms with E-state index in [1.807, 2.05) is 5.43 Å². The Morgan fingerprint density at radius 1 is 0.974 bits per heavy atom. The first-order valence-corrected chi connectivity index (χ1v) is 11.7. The topological polar surface area (TPSA) is 58.6 Å². The van der Waals surface area contributed by atoms with E-state index in [1.165, 1.54) is 0 Å². The van der Waals surface area contributed by atoms with Gasteiger partial charge in [0.2, 0.25) is 0 Å². The molecule has 14 heteroatoms. The number of carbonyl (C=O) groups excluding carboxylic acids is 2. The fourth-order valence-electron chi connectivity index (χ4n) is 3.06. The number of carbonyl (C=O) groups is 2. The Morgan fingerprint density at radius 3 is 2.00 bits per heavy atom. The molecule has 0 radical (unpaired) electrons. The zero-order chi connectivity index (χ0) is 29.2. The van der Waals surface area contributed by atoms with Gasteiger partial charge < -0.3 is 4.74 Å². The van der Waals surface area contributed by atoms with E-state index in [2.05, 4.69) is 0 Å². The van der Waals surface area contributed by atoms with Gasteiger partial charge in [-0.25, -0.2) is 9.80 Å². The molecule has 1 N–H and O–H groups in total. The number of nitrogens with zero attached hydrogens (tertiary/aromatic N) is 1. The van der Waals surface area contributed by atoms with Crippen LogP contribution in [-0.4, -0.2) is 35.8 Å². The molecule has 0 saturated heterocycles. The molecule has 38 heavy (non-hydrogen) atoms. The second kappa shape index (κ2) is 11.6. The summed E-state index contributed by atoms with van der Waals surface area (Å²) in [6, 6.07) is 4.21. The summed E-state index contributed by atoms with van der Waals surface area (Å²) in [6.45, 7) is 4.65. The van der Waals surface area contributed by atoms with Crippen LogP contribution in [0.2, 0.25) is 15.1 Å². The van der Waals surface area contributed by atoms with Crippen LogP contribution in [0.3, 0.4) is 0 Å². The molecule has 0 aliphatic rings. The quantitative estimate of drug-likeness (QED) is 0.216. The largest absolute Gasteiger partial charge is 0.442 e. The second-order valence-corrected chi connectivity index (χ2v) is 10.2. The van der Waals surface area contributed by atoms with Gasteiger partial charge in [0.25, 0.3) is 5.91 Å². The average Bonchev–Trinajstić information content (AvgIpc) is 2.74. The molecule has 0 aromatic heterocycles. The Labute approximate surface area is 229 Å². The molecule has 0 heterocycles. The molecule has 0 spiro atoms. The van der Waals surface area contributed by atoms with Crippen LogP contribution in [0.15, 0.2) is 36.4 Å². The highest BCUT2D eigenvalue weighted by Gasteiger charge is 2.40. The van der Waals surface area contributed by atoms with Crippen molar-refractivity contribution in [3.8, 4) is 0 Å². The molecule has 208 valence electrons. The molecule has 0 aliphatic heterocycles. The van der Waals surface area contributed by atoms with Gasteiger partial charge in [0.05, 0.1) is 32.1 Å². The summed E-state index contributed by atoms with van der Waals surface area (Å²) in [7, 11) is 1.07. The van der Waals surface area contributed by atoms with E-state index >= 15 is 0 Å². The molecule has 2 amide bonds. The van der Waals surface area contributed by atoms with Gasteiger partial charge >= 0.3 is 18.4 Å². The highest BCUT2D eigenvalue weighted by atomic mass is 35.5. The van der Waals surface area contributed by atoms with Crippen molar-refractivity contribution in [3.63, 3.8) is 0 Å². The standard InChI is InChI=1S/C24H21Cl3F6N2O3/c1-22(2,3)38-21(37)35(4)34-20(36)14-7-5-12(9-16(14)24(31,32)33)6-8-15(23(28,29)30)13-10-17(25)19(27)18(26)11-13/h5-11,15H,1-4H3,(H,34,36)/b8-6+. The number of amides is 2. The molecule has 5 nitrogen and oxygen atoms in total. The van der Waals surface area contributed by atoms with Crippen LogP contribution >= 0.6 is 34.8 Å². The van der Waals surface area contributed by atoms with Crippen LogP contribution in [0.5, 0.6) is 0 Å². The van der Waals surface area contributed by atoms with E-state index in [-0.39, 0.29) is 26.2 Å². The van der Waals surface area contributed by atoms with E-state index in [0.29, 0.717) is 17.2 Å². The number of ether oxygens (including phenoxy) is 1. The van der Waals surface area contributed by atoms with Crippen LogP contribution in [0.1, 0.15) is 53.7 Å². The number of rotatable bonds is 4. The zero-order valence-corrected chi connectivity index (χ0v) is 22.5. The van der Waals surface area contributed by atoms with Gasteiger partial charge in [0, 0.05) is 7.05 Å². The monoisotopic (exact) mass is 604 g/mol. The van der Waals surface area contributed by atoms with E-state index < -0.39 is 47.0 Å². The van der Waals surface area contributed by atoms with Crippen LogP contribution in [0.4, 0.5) is 31.1 Å². The zero-order valence-electron chi connectivity index (χ0n) is 20.2. The highest BCUT2D eigenvalue weighted by Crippen LogP contribution is 2.41. The van der Waals surface area contributed by atoms with Crippen molar-refractivity contribution < 1.29 is 40.7 Å². The van der Waals surface area contributed by atoms with Gasteiger partial charge in [-0.3, -0.25) is 10.2 Å². The Bertz CT molecular complexity index is 1220. The molecule has 2 aromatic rings. The molecule has 2 rings (SSSR count). The predicted molar refractivity (Wildman–Crippen MR) is 132 cm³/mol. The van der Waals surface area contributed by atoms with E-state index in [0.717, 1.165) is 37.4 Å². The lowest BCUT2D eigenvalue weighted by Gasteiger charge is -2.25. The van der Waals surface area contributed by atoms with Crippen LogP contribution < -0.4 is 5.43 Å². The first-order valence-electron chi connectivity index (χ1n) is 10.6. The van der Waals surface area contributed by atoms with Crippen molar-refractivity contribution in [2.24, 2.45) is 0 Å². The first-order chi connectivity index (χ1) is 17.2. The normalized spacial score (nSPS) is 13.4. The fraction of sp³-hybridized carbons (Fsp3) is 0.333. The van der Waals surface area contributed by atoms with Gasteiger partial charge in [-0.15, -0.1) is 0 Å². The number of hydrazine groups is 1. The van der Waals surface area contributed by atoms with Crippen molar-refractivity contribution in [2.45, 2.75) is 44.6 Å². The van der Waals surface area contributed by atoms with E-state index in [1.54, 1.807) is 20.8 Å². The minimum absolute atomic E-state index is 0.150. The summed E-state index contributed by atoms with van der Waals surface area (Å²) in [4.78, 5) is 24.5. The summed E-state index contributed by atoms with van der Waals surface area (Å²) in [5, 5.41) is -0.0496. The molecule has 0 saturated carbocycles. The molecule has 0 bridgehead atoms. The number of alkyl halides is 6. The van der Waals surface area contributed by atoms with Gasteiger partial charge in [-0.2, -0.15) is 26.3 Å². The summed E-state index contributed by atoms with van der Waals surface area (Å²) in [5.41, 5.74) is -1.93. The van der Waals surface area contributed by atoms with Crippen molar-refractivity contribution >= 4 is 52.9 Å². The minimum atomic E-state index is -5.05. The molecule has 0 aliphatic carbocycles. The maximum absolute atomic E-state index is 13.8. The van der Waals surface area contributed by atoms with Crippen LogP contribution in [0.25, 0.3) is 6.08 Å². The van der Waals surface area contributed by atoms with Gasteiger partial charge in [0.15, 0.2) is 0 Å². The Hall–Kier alpha value is -2.63.